The van der Waals surface area contributed by atoms with Crippen LogP contribution in [0.4, 0.5) is 5.69 Å². The highest BCUT2D eigenvalue weighted by atomic mass is 16.6. The summed E-state index contributed by atoms with van der Waals surface area (Å²) in [6, 6.07) is 15.5. The van der Waals surface area contributed by atoms with Crippen LogP contribution in [0.2, 0.25) is 0 Å². The molecule has 3 rings (SSSR count). The molecule has 7 nitrogen and oxygen atoms in total. The van der Waals surface area contributed by atoms with E-state index in [0.717, 1.165) is 30.5 Å². The number of nitrogens with zero attached hydrogens (tertiary/aromatic N) is 2. The van der Waals surface area contributed by atoms with Gasteiger partial charge in [-0.15, -0.1) is 5.10 Å². The van der Waals surface area contributed by atoms with E-state index >= 15 is 0 Å². The van der Waals surface area contributed by atoms with Crippen molar-refractivity contribution in [1.29, 1.82) is 0 Å². The normalized spacial score (nSPS) is 12.3. The van der Waals surface area contributed by atoms with Gasteiger partial charge in [0, 0.05) is 11.3 Å². The SMILES string of the molecule is CCCC[C@@H](COc1nnc(-c2ccc(C(C)(C)C)cc2)o1)Nc1ccc(C(=O)OCC)cc1. The van der Waals surface area contributed by atoms with E-state index in [1.165, 1.54) is 5.56 Å². The lowest BCUT2D eigenvalue weighted by atomic mass is 9.87. The van der Waals surface area contributed by atoms with Gasteiger partial charge in [-0.05, 0) is 60.7 Å². The first-order chi connectivity index (χ1) is 16.3. The summed E-state index contributed by atoms with van der Waals surface area (Å²) in [4.78, 5) is 11.9. The summed E-state index contributed by atoms with van der Waals surface area (Å²) in [6.45, 7) is 11.2. The summed E-state index contributed by atoms with van der Waals surface area (Å²) in [5, 5.41) is 11.7. The maximum absolute atomic E-state index is 11.9. The molecule has 0 fully saturated rings. The summed E-state index contributed by atoms with van der Waals surface area (Å²) in [6.07, 6.45) is 3.20. The van der Waals surface area contributed by atoms with Crippen LogP contribution in [0.5, 0.6) is 6.08 Å². The molecule has 0 saturated heterocycles. The Morgan fingerprint density at radius 2 is 1.74 bits per heavy atom. The number of aromatic nitrogens is 2. The lowest BCUT2D eigenvalue weighted by Crippen LogP contribution is -2.27. The lowest BCUT2D eigenvalue weighted by Gasteiger charge is -2.19. The Bertz CT molecular complexity index is 1040. The molecule has 0 spiro atoms. The third-order valence-electron chi connectivity index (χ3n) is 5.49. The van der Waals surface area contributed by atoms with Crippen LogP contribution < -0.4 is 10.1 Å². The topological polar surface area (TPSA) is 86.5 Å². The maximum atomic E-state index is 11.9. The Kier molecular flexibility index (Phi) is 8.68. The van der Waals surface area contributed by atoms with Crippen LogP contribution >= 0.6 is 0 Å². The summed E-state index contributed by atoms with van der Waals surface area (Å²) in [5.74, 6) is 0.114. The van der Waals surface area contributed by atoms with Gasteiger partial charge in [-0.1, -0.05) is 57.8 Å². The minimum atomic E-state index is -0.319. The molecule has 3 aromatic rings. The number of anilines is 1. The Labute approximate surface area is 201 Å². The van der Waals surface area contributed by atoms with Crippen molar-refractivity contribution in [3.63, 3.8) is 0 Å². The Morgan fingerprint density at radius 3 is 2.35 bits per heavy atom. The molecule has 1 heterocycles. The van der Waals surface area contributed by atoms with E-state index in [1.807, 2.05) is 24.3 Å². The summed E-state index contributed by atoms with van der Waals surface area (Å²) >= 11 is 0. The molecule has 0 aliphatic rings. The zero-order chi connectivity index (χ0) is 24.6. The van der Waals surface area contributed by atoms with Crippen LogP contribution in [0.1, 0.15) is 69.8 Å². The summed E-state index contributed by atoms with van der Waals surface area (Å²) in [7, 11) is 0. The Morgan fingerprint density at radius 1 is 1.03 bits per heavy atom. The van der Waals surface area contributed by atoms with Gasteiger partial charge in [-0.2, -0.15) is 0 Å². The van der Waals surface area contributed by atoms with Gasteiger partial charge in [0.25, 0.3) is 5.89 Å². The number of rotatable bonds is 11. The second kappa shape index (κ2) is 11.7. The van der Waals surface area contributed by atoms with Crippen molar-refractivity contribution in [1.82, 2.24) is 10.2 Å². The van der Waals surface area contributed by atoms with Crippen molar-refractivity contribution in [2.75, 3.05) is 18.5 Å². The van der Waals surface area contributed by atoms with Crippen LogP contribution in [0.25, 0.3) is 11.5 Å². The molecule has 0 amide bonds. The van der Waals surface area contributed by atoms with E-state index in [9.17, 15) is 4.79 Å². The Balaban J connectivity index is 1.61. The number of carbonyl (C=O) groups excluding carboxylic acids is 1. The van der Waals surface area contributed by atoms with Crippen molar-refractivity contribution in [3.8, 4) is 17.5 Å². The van der Waals surface area contributed by atoms with Gasteiger partial charge in [0.1, 0.15) is 6.61 Å². The van der Waals surface area contributed by atoms with Gasteiger partial charge in [-0.3, -0.25) is 0 Å². The minimum Gasteiger partial charge on any atom is -0.462 e. The number of benzene rings is 2. The fourth-order valence-electron chi connectivity index (χ4n) is 3.47. The molecule has 0 unspecified atom stereocenters. The predicted octanol–water partition coefficient (Wildman–Crippen LogP) is 6.26. The van der Waals surface area contributed by atoms with E-state index in [2.05, 4.69) is 55.3 Å². The molecule has 0 bridgehead atoms. The standard InChI is InChI=1S/C27H35N3O4/c1-6-8-9-23(28-22-16-12-20(13-17-22)25(31)32-7-2)18-33-26-30-29-24(34-26)19-10-14-21(15-11-19)27(3,4)5/h10-17,23,28H,6-9,18H2,1-5H3/t23-/m0/s1. The number of hydrogen-bond donors (Lipinski definition) is 1. The molecule has 0 radical (unpaired) electrons. The highest BCUT2D eigenvalue weighted by molar-refractivity contribution is 5.89. The number of nitrogens with one attached hydrogen (secondary N) is 1. The van der Waals surface area contributed by atoms with E-state index in [-0.39, 0.29) is 23.5 Å². The number of hydrogen-bond acceptors (Lipinski definition) is 7. The largest absolute Gasteiger partial charge is 0.462 e. The first-order valence-corrected chi connectivity index (χ1v) is 11.9. The van der Waals surface area contributed by atoms with E-state index in [4.69, 9.17) is 13.9 Å². The third kappa shape index (κ3) is 7.07. The maximum Gasteiger partial charge on any atom is 0.414 e. The van der Waals surface area contributed by atoms with E-state index < -0.39 is 0 Å². The third-order valence-corrected chi connectivity index (χ3v) is 5.49. The quantitative estimate of drug-likeness (QED) is 0.334. The predicted molar refractivity (Wildman–Crippen MR) is 133 cm³/mol. The molecule has 7 heteroatoms. The van der Waals surface area contributed by atoms with E-state index in [1.54, 1.807) is 19.1 Å². The molecule has 1 N–H and O–H groups in total. The van der Waals surface area contributed by atoms with Gasteiger partial charge >= 0.3 is 12.0 Å². The minimum absolute atomic E-state index is 0.0508. The lowest BCUT2D eigenvalue weighted by molar-refractivity contribution is 0.0526. The summed E-state index contributed by atoms with van der Waals surface area (Å²) in [5.41, 5.74) is 3.62. The molecular weight excluding hydrogens is 430 g/mol. The first kappa shape index (κ1) is 25.3. The first-order valence-electron chi connectivity index (χ1n) is 11.9. The smallest absolute Gasteiger partial charge is 0.414 e. The monoisotopic (exact) mass is 465 g/mol. The molecule has 2 aromatic carbocycles. The van der Waals surface area contributed by atoms with Crippen molar-refractivity contribution in [2.45, 2.75) is 65.3 Å². The molecule has 1 aromatic heterocycles. The number of ether oxygens (including phenoxy) is 2. The highest BCUT2D eigenvalue weighted by Crippen LogP contribution is 2.26. The second-order valence-corrected chi connectivity index (χ2v) is 9.29. The van der Waals surface area contributed by atoms with Crippen molar-refractivity contribution >= 4 is 11.7 Å². The highest BCUT2D eigenvalue weighted by Gasteiger charge is 2.16. The summed E-state index contributed by atoms with van der Waals surface area (Å²) < 4.78 is 16.6. The van der Waals surface area contributed by atoms with Gasteiger partial charge in [0.2, 0.25) is 0 Å². The molecule has 0 saturated carbocycles. The number of carbonyl (C=O) groups is 1. The number of unbranched alkanes of at least 4 members (excludes halogenated alkanes) is 1. The van der Waals surface area contributed by atoms with Gasteiger partial charge in [0.05, 0.1) is 18.2 Å². The molecule has 0 aliphatic heterocycles. The van der Waals surface area contributed by atoms with Crippen LogP contribution in [-0.2, 0) is 10.2 Å². The molecular formula is C27H35N3O4. The number of esters is 1. The van der Waals surface area contributed by atoms with Gasteiger partial charge < -0.3 is 19.2 Å². The molecule has 1 atom stereocenters. The van der Waals surface area contributed by atoms with Crippen molar-refractivity contribution < 1.29 is 18.7 Å². The van der Waals surface area contributed by atoms with Gasteiger partial charge in [0.15, 0.2) is 0 Å². The van der Waals surface area contributed by atoms with Crippen LogP contribution in [-0.4, -0.2) is 35.4 Å². The average molecular weight is 466 g/mol. The van der Waals surface area contributed by atoms with Crippen molar-refractivity contribution in [2.24, 2.45) is 0 Å². The molecule has 182 valence electrons. The Hall–Kier alpha value is -3.35. The fourth-order valence-corrected chi connectivity index (χ4v) is 3.47. The molecule has 34 heavy (non-hydrogen) atoms. The van der Waals surface area contributed by atoms with Crippen LogP contribution in [0.3, 0.4) is 0 Å². The zero-order valence-electron chi connectivity index (χ0n) is 20.8. The van der Waals surface area contributed by atoms with Crippen LogP contribution in [0, 0.1) is 0 Å². The fraction of sp³-hybridized carbons (Fsp3) is 0.444. The second-order valence-electron chi connectivity index (χ2n) is 9.29. The molecule has 0 aliphatic carbocycles. The zero-order valence-corrected chi connectivity index (χ0v) is 20.8. The average Bonchev–Trinajstić information content (AvgIpc) is 3.30. The van der Waals surface area contributed by atoms with E-state index in [0.29, 0.717) is 24.7 Å². The van der Waals surface area contributed by atoms with Crippen LogP contribution in [0.15, 0.2) is 52.9 Å². The van der Waals surface area contributed by atoms with Crippen molar-refractivity contribution in [3.05, 3.63) is 59.7 Å². The van der Waals surface area contributed by atoms with Gasteiger partial charge in [-0.25, -0.2) is 4.79 Å².